The van der Waals surface area contributed by atoms with E-state index in [1.165, 1.54) is 12.1 Å². The second kappa shape index (κ2) is 10.3. The van der Waals surface area contributed by atoms with Crippen molar-refractivity contribution in [2.45, 2.75) is 20.0 Å². The highest BCUT2D eigenvalue weighted by molar-refractivity contribution is 5.89. The van der Waals surface area contributed by atoms with Crippen LogP contribution in [0.3, 0.4) is 0 Å². The number of rotatable bonds is 9. The monoisotopic (exact) mass is 346 g/mol. The average Bonchev–Trinajstić information content (AvgIpc) is 2.60. The maximum absolute atomic E-state index is 13.2. The molecular formula is C19H23FN2O3. The normalized spacial score (nSPS) is 10.3. The molecule has 2 N–H and O–H groups in total. The summed E-state index contributed by atoms with van der Waals surface area (Å²) >= 11 is 0. The minimum absolute atomic E-state index is 0.255. The van der Waals surface area contributed by atoms with E-state index in [9.17, 15) is 9.18 Å². The highest BCUT2D eigenvalue weighted by Crippen LogP contribution is 2.18. The summed E-state index contributed by atoms with van der Waals surface area (Å²) in [7, 11) is 0. The van der Waals surface area contributed by atoms with E-state index >= 15 is 0 Å². The molecule has 0 aliphatic carbocycles. The molecule has 0 saturated heterocycles. The van der Waals surface area contributed by atoms with Gasteiger partial charge in [-0.1, -0.05) is 18.2 Å². The molecule has 0 spiro atoms. The minimum Gasteiger partial charge on any atom is -0.489 e. The van der Waals surface area contributed by atoms with Crippen LogP contribution in [-0.4, -0.2) is 25.8 Å². The molecule has 0 bridgehead atoms. The molecule has 0 aliphatic heterocycles. The summed E-state index contributed by atoms with van der Waals surface area (Å²) in [5, 5.41) is 5.51. The highest BCUT2D eigenvalue weighted by Gasteiger charge is 2.03. The Morgan fingerprint density at radius 2 is 2.00 bits per heavy atom. The molecule has 0 atom stereocenters. The summed E-state index contributed by atoms with van der Waals surface area (Å²) in [4.78, 5) is 11.8. The van der Waals surface area contributed by atoms with Gasteiger partial charge < -0.3 is 20.1 Å². The molecule has 2 aromatic rings. The zero-order chi connectivity index (χ0) is 17.9. The van der Waals surface area contributed by atoms with Crippen LogP contribution in [0.25, 0.3) is 0 Å². The van der Waals surface area contributed by atoms with Gasteiger partial charge in [-0.05, 0) is 43.2 Å². The summed E-state index contributed by atoms with van der Waals surface area (Å²) in [6.45, 7) is 4.03. The number of amides is 2. The molecule has 5 nitrogen and oxygen atoms in total. The van der Waals surface area contributed by atoms with E-state index in [2.05, 4.69) is 10.6 Å². The number of hydrogen-bond acceptors (Lipinski definition) is 3. The number of nitrogens with one attached hydrogen (secondary N) is 2. The van der Waals surface area contributed by atoms with Crippen molar-refractivity contribution in [2.75, 3.05) is 25.1 Å². The van der Waals surface area contributed by atoms with Gasteiger partial charge in [-0.15, -0.1) is 0 Å². The molecule has 0 heterocycles. The smallest absolute Gasteiger partial charge is 0.319 e. The van der Waals surface area contributed by atoms with Gasteiger partial charge in [-0.3, -0.25) is 0 Å². The Kier molecular flexibility index (Phi) is 7.72. The summed E-state index contributed by atoms with van der Waals surface area (Å²) in [5.41, 5.74) is 1.37. The number of hydrogen-bond donors (Lipinski definition) is 2. The zero-order valence-electron chi connectivity index (χ0n) is 14.3. The van der Waals surface area contributed by atoms with Crippen LogP contribution < -0.4 is 15.4 Å². The zero-order valence-corrected chi connectivity index (χ0v) is 14.3. The summed E-state index contributed by atoms with van der Waals surface area (Å²) < 4.78 is 24.0. The average molecular weight is 346 g/mol. The Morgan fingerprint density at radius 1 is 1.16 bits per heavy atom. The van der Waals surface area contributed by atoms with E-state index in [4.69, 9.17) is 9.47 Å². The van der Waals surface area contributed by atoms with Gasteiger partial charge >= 0.3 is 6.03 Å². The molecule has 0 aliphatic rings. The van der Waals surface area contributed by atoms with Crippen LogP contribution in [0.2, 0.25) is 0 Å². The second-order valence-corrected chi connectivity index (χ2v) is 5.38. The molecule has 0 unspecified atom stereocenters. The lowest BCUT2D eigenvalue weighted by Crippen LogP contribution is -2.30. The fourth-order valence-electron chi connectivity index (χ4n) is 2.15. The van der Waals surface area contributed by atoms with Crippen LogP contribution in [-0.2, 0) is 11.3 Å². The van der Waals surface area contributed by atoms with E-state index in [-0.39, 0.29) is 18.5 Å². The number of benzene rings is 2. The summed E-state index contributed by atoms with van der Waals surface area (Å²) in [5.74, 6) is 0.302. The van der Waals surface area contributed by atoms with E-state index in [0.29, 0.717) is 31.2 Å². The number of anilines is 1. The van der Waals surface area contributed by atoms with Crippen molar-refractivity contribution in [3.8, 4) is 5.75 Å². The van der Waals surface area contributed by atoms with Crippen LogP contribution in [0.1, 0.15) is 18.9 Å². The number of carbonyl (C=O) groups excluding carboxylic acids is 1. The fraction of sp³-hybridized carbons (Fsp3) is 0.316. The van der Waals surface area contributed by atoms with Gasteiger partial charge in [0.15, 0.2) is 0 Å². The van der Waals surface area contributed by atoms with Crippen LogP contribution in [0.5, 0.6) is 5.75 Å². The first-order chi connectivity index (χ1) is 12.2. The minimum atomic E-state index is -0.294. The third-order valence-electron chi connectivity index (χ3n) is 3.34. The Bertz CT molecular complexity index is 679. The van der Waals surface area contributed by atoms with E-state index in [1.807, 2.05) is 6.92 Å². The lowest BCUT2D eigenvalue weighted by atomic mass is 10.2. The number of urea groups is 1. The molecule has 25 heavy (non-hydrogen) atoms. The van der Waals surface area contributed by atoms with Crippen molar-refractivity contribution in [3.05, 3.63) is 59.9 Å². The largest absolute Gasteiger partial charge is 0.489 e. The molecule has 2 aromatic carbocycles. The first-order valence-electron chi connectivity index (χ1n) is 8.27. The van der Waals surface area contributed by atoms with Gasteiger partial charge in [0.25, 0.3) is 0 Å². The highest BCUT2D eigenvalue weighted by atomic mass is 19.1. The quantitative estimate of drug-likeness (QED) is 0.676. The number of carbonyl (C=O) groups is 1. The van der Waals surface area contributed by atoms with Gasteiger partial charge in [0.2, 0.25) is 0 Å². The summed E-state index contributed by atoms with van der Waals surface area (Å²) in [6, 6.07) is 13.0. The van der Waals surface area contributed by atoms with Gasteiger partial charge in [0.1, 0.15) is 18.2 Å². The maximum atomic E-state index is 13.2. The van der Waals surface area contributed by atoms with Crippen LogP contribution in [0.4, 0.5) is 14.9 Å². The SMILES string of the molecule is CCOCCCNC(=O)Nc1cccc(OCc2cccc(F)c2)c1. The van der Waals surface area contributed by atoms with Crippen molar-refractivity contribution in [2.24, 2.45) is 0 Å². The summed E-state index contributed by atoms with van der Waals surface area (Å²) in [6.07, 6.45) is 0.762. The molecule has 6 heteroatoms. The number of ether oxygens (including phenoxy) is 2. The third-order valence-corrected chi connectivity index (χ3v) is 3.34. The van der Waals surface area contributed by atoms with Crippen molar-refractivity contribution in [3.63, 3.8) is 0 Å². The van der Waals surface area contributed by atoms with E-state index in [0.717, 1.165) is 12.0 Å². The Labute approximate surface area is 147 Å². The predicted octanol–water partition coefficient (Wildman–Crippen LogP) is 3.95. The first kappa shape index (κ1) is 18.7. The first-order valence-corrected chi connectivity index (χ1v) is 8.27. The van der Waals surface area contributed by atoms with Crippen LogP contribution in [0.15, 0.2) is 48.5 Å². The van der Waals surface area contributed by atoms with Gasteiger partial charge in [-0.25, -0.2) is 9.18 Å². The maximum Gasteiger partial charge on any atom is 0.319 e. The van der Waals surface area contributed by atoms with Crippen molar-refractivity contribution in [1.29, 1.82) is 0 Å². The van der Waals surface area contributed by atoms with Gasteiger partial charge in [0, 0.05) is 31.5 Å². The molecule has 2 amide bonds. The third kappa shape index (κ3) is 7.22. The van der Waals surface area contributed by atoms with Gasteiger partial charge in [0.05, 0.1) is 0 Å². The van der Waals surface area contributed by atoms with E-state index in [1.54, 1.807) is 36.4 Å². The van der Waals surface area contributed by atoms with Crippen LogP contribution in [0, 0.1) is 5.82 Å². The molecule has 2 rings (SSSR count). The Morgan fingerprint density at radius 3 is 2.80 bits per heavy atom. The molecular weight excluding hydrogens is 323 g/mol. The molecule has 0 fully saturated rings. The molecule has 0 aromatic heterocycles. The molecule has 0 saturated carbocycles. The van der Waals surface area contributed by atoms with Crippen molar-refractivity contribution < 1.29 is 18.7 Å². The Balaban J connectivity index is 1.79. The van der Waals surface area contributed by atoms with E-state index < -0.39 is 0 Å². The fourth-order valence-corrected chi connectivity index (χ4v) is 2.15. The standard InChI is InChI=1S/C19H23FN2O3/c1-2-24-11-5-10-21-19(23)22-17-8-4-9-18(13-17)25-14-15-6-3-7-16(20)12-15/h3-4,6-9,12-13H,2,5,10-11,14H2,1H3,(H2,21,22,23). The molecule has 134 valence electrons. The van der Waals surface area contributed by atoms with Crippen LogP contribution >= 0.6 is 0 Å². The Hall–Kier alpha value is -2.60. The van der Waals surface area contributed by atoms with Crippen molar-refractivity contribution in [1.82, 2.24) is 5.32 Å². The topological polar surface area (TPSA) is 59.6 Å². The van der Waals surface area contributed by atoms with Crippen molar-refractivity contribution >= 4 is 11.7 Å². The second-order valence-electron chi connectivity index (χ2n) is 5.38. The van der Waals surface area contributed by atoms with Gasteiger partial charge in [-0.2, -0.15) is 0 Å². The number of halogens is 1. The lowest BCUT2D eigenvalue weighted by molar-refractivity contribution is 0.145. The lowest BCUT2D eigenvalue weighted by Gasteiger charge is -2.10. The predicted molar refractivity (Wildman–Crippen MR) is 95.3 cm³/mol. The molecule has 0 radical (unpaired) electrons.